The zero-order valence-electron chi connectivity index (χ0n) is 13.8. The average Bonchev–Trinajstić information content (AvgIpc) is 2.47. The number of ether oxygens (including phenoxy) is 1. The Morgan fingerprint density at radius 1 is 1.23 bits per heavy atom. The molecule has 122 valence electrons. The van der Waals surface area contributed by atoms with Gasteiger partial charge in [-0.1, -0.05) is 33.3 Å². The number of hydrogen-bond donors (Lipinski definition) is 2. The number of anilines is 1. The normalized spacial score (nSPS) is 13.1. The third kappa shape index (κ3) is 6.16. The van der Waals surface area contributed by atoms with Crippen LogP contribution < -0.4 is 15.4 Å². The monoisotopic (exact) mass is 306 g/mol. The number of carbonyl (C=O) groups excluding carboxylic acids is 2. The molecule has 0 aromatic heterocycles. The first kappa shape index (κ1) is 18.0. The number of rotatable bonds is 7. The minimum absolute atomic E-state index is 0.0249. The van der Waals surface area contributed by atoms with E-state index in [0.29, 0.717) is 11.4 Å². The second-order valence-electron chi connectivity index (χ2n) is 5.55. The maximum atomic E-state index is 12.0. The van der Waals surface area contributed by atoms with E-state index in [9.17, 15) is 9.59 Å². The molecule has 0 aliphatic rings. The second-order valence-corrected chi connectivity index (χ2v) is 5.55. The summed E-state index contributed by atoms with van der Waals surface area (Å²) in [7, 11) is 0. The Labute approximate surface area is 132 Å². The summed E-state index contributed by atoms with van der Waals surface area (Å²) in [6, 6.07) is 6.90. The summed E-state index contributed by atoms with van der Waals surface area (Å²) in [5.74, 6) is 0.341. The summed E-state index contributed by atoms with van der Waals surface area (Å²) in [5.41, 5.74) is 0.627. The quantitative estimate of drug-likeness (QED) is 0.801. The Morgan fingerprint density at radius 2 is 1.95 bits per heavy atom. The maximum absolute atomic E-state index is 12.0. The Morgan fingerprint density at radius 3 is 2.59 bits per heavy atom. The lowest BCUT2D eigenvalue weighted by Gasteiger charge is -2.13. The van der Waals surface area contributed by atoms with E-state index in [4.69, 9.17) is 4.74 Å². The fraction of sp³-hybridized carbons (Fsp3) is 0.529. The molecule has 0 aliphatic heterocycles. The van der Waals surface area contributed by atoms with Crippen molar-refractivity contribution in [1.29, 1.82) is 0 Å². The molecule has 2 unspecified atom stereocenters. The van der Waals surface area contributed by atoms with Crippen molar-refractivity contribution in [1.82, 2.24) is 5.32 Å². The Bertz CT molecular complexity index is 502. The summed E-state index contributed by atoms with van der Waals surface area (Å²) < 4.78 is 5.22. The fourth-order valence-corrected chi connectivity index (χ4v) is 1.91. The van der Waals surface area contributed by atoms with Crippen molar-refractivity contribution in [3.63, 3.8) is 0 Å². The van der Waals surface area contributed by atoms with Crippen LogP contribution in [-0.4, -0.2) is 18.0 Å². The topological polar surface area (TPSA) is 67.4 Å². The van der Waals surface area contributed by atoms with Crippen molar-refractivity contribution in [2.24, 2.45) is 5.92 Å². The van der Waals surface area contributed by atoms with Crippen LogP contribution in [-0.2, 0) is 4.79 Å². The predicted molar refractivity (Wildman–Crippen MR) is 88.1 cm³/mol. The molecule has 0 saturated carbocycles. The van der Waals surface area contributed by atoms with E-state index >= 15 is 0 Å². The van der Waals surface area contributed by atoms with E-state index in [0.717, 1.165) is 19.3 Å². The third-order valence-electron chi connectivity index (χ3n) is 3.46. The summed E-state index contributed by atoms with van der Waals surface area (Å²) in [4.78, 5) is 23.7. The van der Waals surface area contributed by atoms with Gasteiger partial charge in [0.1, 0.15) is 5.75 Å². The van der Waals surface area contributed by atoms with Crippen molar-refractivity contribution < 1.29 is 14.3 Å². The zero-order valence-corrected chi connectivity index (χ0v) is 13.8. The SMILES string of the molecule is CCCC(C)C(=O)Nc1cccc(OC(=O)NC(C)CC)c1. The van der Waals surface area contributed by atoms with Gasteiger partial charge >= 0.3 is 6.09 Å². The van der Waals surface area contributed by atoms with Gasteiger partial charge in [-0.15, -0.1) is 0 Å². The Balaban J connectivity index is 2.62. The number of nitrogens with one attached hydrogen (secondary N) is 2. The van der Waals surface area contributed by atoms with Gasteiger partial charge in [0, 0.05) is 23.7 Å². The van der Waals surface area contributed by atoms with Gasteiger partial charge in [0.15, 0.2) is 0 Å². The molecule has 0 heterocycles. The molecular weight excluding hydrogens is 280 g/mol. The van der Waals surface area contributed by atoms with Crippen molar-refractivity contribution in [2.45, 2.75) is 53.0 Å². The lowest BCUT2D eigenvalue weighted by molar-refractivity contribution is -0.119. The largest absolute Gasteiger partial charge is 0.412 e. The molecular formula is C17H26N2O3. The number of carbonyl (C=O) groups is 2. The first-order valence-electron chi connectivity index (χ1n) is 7.85. The number of hydrogen-bond acceptors (Lipinski definition) is 3. The molecule has 1 rings (SSSR count). The first-order chi connectivity index (χ1) is 10.5. The van der Waals surface area contributed by atoms with Gasteiger partial charge in [-0.05, 0) is 31.9 Å². The molecule has 5 nitrogen and oxygen atoms in total. The van der Waals surface area contributed by atoms with Crippen LogP contribution >= 0.6 is 0 Å². The molecule has 0 aliphatic carbocycles. The average molecular weight is 306 g/mol. The second kappa shape index (κ2) is 9.07. The van der Waals surface area contributed by atoms with Gasteiger partial charge in [0.25, 0.3) is 0 Å². The van der Waals surface area contributed by atoms with Crippen molar-refractivity contribution in [3.8, 4) is 5.75 Å². The molecule has 2 atom stereocenters. The van der Waals surface area contributed by atoms with Gasteiger partial charge in [0.2, 0.25) is 5.91 Å². The van der Waals surface area contributed by atoms with Crippen LogP contribution in [0.15, 0.2) is 24.3 Å². The number of benzene rings is 1. The molecule has 0 bridgehead atoms. The summed E-state index contributed by atoms with van der Waals surface area (Å²) >= 11 is 0. The van der Waals surface area contributed by atoms with Crippen LogP contribution in [0.2, 0.25) is 0 Å². The smallest absolute Gasteiger partial charge is 0.410 e. The van der Waals surface area contributed by atoms with Crippen LogP contribution in [0, 0.1) is 5.92 Å². The molecule has 0 radical (unpaired) electrons. The summed E-state index contributed by atoms with van der Waals surface area (Å²) in [5, 5.41) is 5.57. The highest BCUT2D eigenvalue weighted by atomic mass is 16.6. The first-order valence-corrected chi connectivity index (χ1v) is 7.85. The van der Waals surface area contributed by atoms with E-state index in [1.165, 1.54) is 0 Å². The molecule has 2 N–H and O–H groups in total. The van der Waals surface area contributed by atoms with Gasteiger partial charge in [0.05, 0.1) is 0 Å². The van der Waals surface area contributed by atoms with E-state index < -0.39 is 6.09 Å². The lowest BCUT2D eigenvalue weighted by Crippen LogP contribution is -2.34. The Kier molecular flexibility index (Phi) is 7.43. The Hall–Kier alpha value is -2.04. The van der Waals surface area contributed by atoms with Crippen molar-refractivity contribution in [2.75, 3.05) is 5.32 Å². The zero-order chi connectivity index (χ0) is 16.5. The van der Waals surface area contributed by atoms with E-state index in [1.54, 1.807) is 24.3 Å². The molecule has 0 spiro atoms. The van der Waals surface area contributed by atoms with Crippen LogP contribution in [0.3, 0.4) is 0 Å². The third-order valence-corrected chi connectivity index (χ3v) is 3.46. The predicted octanol–water partition coefficient (Wildman–Crippen LogP) is 3.95. The molecule has 2 amide bonds. The van der Waals surface area contributed by atoms with E-state index in [2.05, 4.69) is 10.6 Å². The summed E-state index contributed by atoms with van der Waals surface area (Å²) in [6.07, 6.45) is 2.16. The van der Waals surface area contributed by atoms with Crippen molar-refractivity contribution >= 4 is 17.7 Å². The van der Waals surface area contributed by atoms with Crippen LogP contribution in [0.1, 0.15) is 47.0 Å². The minimum Gasteiger partial charge on any atom is -0.410 e. The van der Waals surface area contributed by atoms with Crippen LogP contribution in [0.5, 0.6) is 5.75 Å². The van der Waals surface area contributed by atoms with Gasteiger partial charge in [-0.25, -0.2) is 4.79 Å². The highest BCUT2D eigenvalue weighted by Crippen LogP contribution is 2.19. The summed E-state index contributed by atoms with van der Waals surface area (Å²) in [6.45, 7) is 7.85. The molecule has 22 heavy (non-hydrogen) atoms. The lowest BCUT2D eigenvalue weighted by atomic mass is 10.1. The molecule has 5 heteroatoms. The standard InChI is InChI=1S/C17H26N2O3/c1-5-8-12(3)16(20)19-14-9-7-10-15(11-14)22-17(21)18-13(4)6-2/h7,9-13H,5-6,8H2,1-4H3,(H,18,21)(H,19,20). The van der Waals surface area contributed by atoms with Crippen LogP contribution in [0.25, 0.3) is 0 Å². The van der Waals surface area contributed by atoms with Gasteiger partial charge < -0.3 is 15.4 Å². The molecule has 1 aromatic rings. The van der Waals surface area contributed by atoms with E-state index in [1.807, 2.05) is 27.7 Å². The fourth-order valence-electron chi connectivity index (χ4n) is 1.91. The van der Waals surface area contributed by atoms with Crippen LogP contribution in [0.4, 0.5) is 10.5 Å². The molecule has 0 saturated heterocycles. The highest BCUT2D eigenvalue weighted by molar-refractivity contribution is 5.92. The van der Waals surface area contributed by atoms with Gasteiger partial charge in [-0.2, -0.15) is 0 Å². The number of amides is 2. The van der Waals surface area contributed by atoms with Gasteiger partial charge in [-0.3, -0.25) is 4.79 Å². The molecule has 1 aromatic carbocycles. The highest BCUT2D eigenvalue weighted by Gasteiger charge is 2.13. The molecule has 0 fully saturated rings. The van der Waals surface area contributed by atoms with Crippen molar-refractivity contribution in [3.05, 3.63) is 24.3 Å². The maximum Gasteiger partial charge on any atom is 0.412 e. The van der Waals surface area contributed by atoms with E-state index in [-0.39, 0.29) is 17.9 Å². The minimum atomic E-state index is -0.489.